The number of rotatable bonds is 5. The van der Waals surface area contributed by atoms with Gasteiger partial charge in [0.2, 0.25) is 5.78 Å². The molecular weight excluding hydrogens is 427 g/mol. The molecule has 4 rings (SSSR count). The number of hydrogen-bond donors (Lipinski definition) is 1. The van der Waals surface area contributed by atoms with Gasteiger partial charge in [0.1, 0.15) is 6.61 Å². The maximum Gasteiger partial charge on any atom is 0.306 e. The zero-order chi connectivity index (χ0) is 24.4. The van der Waals surface area contributed by atoms with E-state index in [4.69, 9.17) is 9.47 Å². The molecule has 0 unspecified atom stereocenters. The van der Waals surface area contributed by atoms with Gasteiger partial charge in [0.25, 0.3) is 0 Å². The van der Waals surface area contributed by atoms with Crippen molar-refractivity contribution in [2.75, 3.05) is 13.7 Å². The van der Waals surface area contributed by atoms with E-state index in [0.717, 1.165) is 0 Å². The van der Waals surface area contributed by atoms with E-state index in [1.54, 1.807) is 19.9 Å². The van der Waals surface area contributed by atoms with E-state index >= 15 is 4.39 Å². The molecule has 0 spiro atoms. The number of hydrogen-bond acceptors (Lipinski definition) is 6. The lowest BCUT2D eigenvalue weighted by atomic mass is 9.44. The van der Waals surface area contributed by atoms with Crippen LogP contribution in [0.5, 0.6) is 0 Å². The van der Waals surface area contributed by atoms with Crippen molar-refractivity contribution < 1.29 is 33.4 Å². The molecule has 1 N–H and O–H groups in total. The van der Waals surface area contributed by atoms with E-state index in [1.807, 2.05) is 13.8 Å². The Balaban J connectivity index is 1.84. The molecule has 4 aliphatic rings. The van der Waals surface area contributed by atoms with Gasteiger partial charge in [0, 0.05) is 36.2 Å². The number of fused-ring (bicyclic) bond motifs is 5. The van der Waals surface area contributed by atoms with Crippen molar-refractivity contribution in [1.82, 2.24) is 0 Å². The standard InChI is InChI=1S/C26H35FO6/c1-6-22(31)33-26(21(30)14-32-5)15(2)11-19-18-8-7-16-12-17(28)9-10-23(16,3)25(18,27)20(29)13-24(19,26)4/h9-10,12,15,18-20,29H,6-8,11,13-14H2,1-5H3/t15-,18-,19-,20-,23+,24+,25-,26-/m0/s1. The maximum absolute atomic E-state index is 17.3. The van der Waals surface area contributed by atoms with E-state index in [1.165, 1.54) is 19.3 Å². The predicted molar refractivity (Wildman–Crippen MR) is 119 cm³/mol. The van der Waals surface area contributed by atoms with Crippen molar-refractivity contribution in [3.8, 4) is 0 Å². The number of carbonyl (C=O) groups is 3. The lowest BCUT2D eigenvalue weighted by Gasteiger charge is -2.62. The molecule has 0 aromatic heterocycles. The topological polar surface area (TPSA) is 89.9 Å². The summed E-state index contributed by atoms with van der Waals surface area (Å²) >= 11 is 0. The molecule has 0 amide bonds. The number of aliphatic hydroxyl groups excluding tert-OH is 1. The molecule has 8 atom stereocenters. The highest BCUT2D eigenvalue weighted by Crippen LogP contribution is 2.71. The lowest BCUT2D eigenvalue weighted by molar-refractivity contribution is -0.228. The van der Waals surface area contributed by atoms with Crippen LogP contribution in [0.3, 0.4) is 0 Å². The van der Waals surface area contributed by atoms with Gasteiger partial charge in [-0.1, -0.05) is 32.4 Å². The Kier molecular flexibility index (Phi) is 5.77. The third-order valence-electron chi connectivity index (χ3n) is 9.43. The predicted octanol–water partition coefficient (Wildman–Crippen LogP) is 3.51. The van der Waals surface area contributed by atoms with E-state index < -0.39 is 40.1 Å². The molecule has 0 aromatic rings. The van der Waals surface area contributed by atoms with E-state index in [0.29, 0.717) is 24.8 Å². The molecule has 7 heteroatoms. The highest BCUT2D eigenvalue weighted by molar-refractivity contribution is 6.01. The average molecular weight is 463 g/mol. The molecule has 3 saturated carbocycles. The minimum Gasteiger partial charge on any atom is -0.450 e. The van der Waals surface area contributed by atoms with Crippen molar-refractivity contribution in [2.45, 2.75) is 77.2 Å². The number of carbonyl (C=O) groups excluding carboxylic acids is 3. The largest absolute Gasteiger partial charge is 0.450 e. The molecule has 0 radical (unpaired) electrons. The highest BCUT2D eigenvalue weighted by atomic mass is 19.1. The van der Waals surface area contributed by atoms with Gasteiger partial charge in [-0.3, -0.25) is 14.4 Å². The van der Waals surface area contributed by atoms with Crippen LogP contribution in [0.1, 0.15) is 59.8 Å². The normalized spacial score (nSPS) is 46.2. The van der Waals surface area contributed by atoms with Crippen molar-refractivity contribution in [1.29, 1.82) is 0 Å². The summed E-state index contributed by atoms with van der Waals surface area (Å²) in [5, 5.41) is 11.5. The number of alkyl halides is 1. The molecule has 33 heavy (non-hydrogen) atoms. The molecule has 0 heterocycles. The summed E-state index contributed by atoms with van der Waals surface area (Å²) in [5.41, 5.74) is -4.82. The van der Waals surface area contributed by atoms with Crippen LogP contribution >= 0.6 is 0 Å². The van der Waals surface area contributed by atoms with E-state index in [-0.39, 0.29) is 42.9 Å². The van der Waals surface area contributed by atoms with Crippen LogP contribution in [0, 0.1) is 28.6 Å². The molecule has 0 aromatic carbocycles. The summed E-state index contributed by atoms with van der Waals surface area (Å²) in [7, 11) is 1.42. The number of esters is 1. The van der Waals surface area contributed by atoms with E-state index in [2.05, 4.69) is 0 Å². The summed E-state index contributed by atoms with van der Waals surface area (Å²) in [6, 6.07) is 0. The van der Waals surface area contributed by atoms with Crippen molar-refractivity contribution in [3.05, 3.63) is 23.8 Å². The third kappa shape index (κ3) is 2.94. The Morgan fingerprint density at radius 1 is 1.27 bits per heavy atom. The SMILES string of the molecule is CCC(=O)O[C@]1(C(=O)COC)[C@@H](C)C[C@H]2[C@@H]3CCC4=CC(=O)C=C[C@@]4(C)[C@@]3(F)[C@@H](O)C[C@]21C. The number of halogens is 1. The van der Waals surface area contributed by atoms with E-state index in [9.17, 15) is 19.5 Å². The van der Waals surface area contributed by atoms with Crippen LogP contribution in [0.15, 0.2) is 23.8 Å². The molecule has 0 aliphatic heterocycles. The third-order valence-corrected chi connectivity index (χ3v) is 9.43. The monoisotopic (exact) mass is 462 g/mol. The van der Waals surface area contributed by atoms with Crippen molar-refractivity contribution >= 4 is 17.5 Å². The lowest BCUT2D eigenvalue weighted by Crippen LogP contribution is -2.70. The van der Waals surface area contributed by atoms with Crippen LogP contribution in [0.4, 0.5) is 4.39 Å². The summed E-state index contributed by atoms with van der Waals surface area (Å²) in [6.07, 6.45) is 4.71. The second-order valence-corrected chi connectivity index (χ2v) is 10.8. The van der Waals surface area contributed by atoms with Gasteiger partial charge < -0.3 is 14.6 Å². The summed E-state index contributed by atoms with van der Waals surface area (Å²) in [4.78, 5) is 38.1. The first-order valence-electron chi connectivity index (χ1n) is 12.0. The van der Waals surface area contributed by atoms with Gasteiger partial charge in [0.15, 0.2) is 17.1 Å². The number of Topliss-reactive ketones (excluding diaryl/α,β-unsaturated/α-hetero) is 1. The van der Waals surface area contributed by atoms with Crippen LogP contribution in [-0.2, 0) is 23.9 Å². The van der Waals surface area contributed by atoms with Crippen LogP contribution in [0.2, 0.25) is 0 Å². The van der Waals surface area contributed by atoms with Crippen LogP contribution in [-0.4, -0.2) is 53.7 Å². The zero-order valence-electron chi connectivity index (χ0n) is 20.2. The first kappa shape index (κ1) is 24.3. The Morgan fingerprint density at radius 2 is 1.97 bits per heavy atom. The fourth-order valence-corrected chi connectivity index (χ4v) is 7.89. The molecule has 0 saturated heterocycles. The van der Waals surface area contributed by atoms with Crippen molar-refractivity contribution in [2.24, 2.45) is 28.6 Å². The van der Waals surface area contributed by atoms with Gasteiger partial charge in [-0.15, -0.1) is 0 Å². The first-order chi connectivity index (χ1) is 15.4. The minimum absolute atomic E-state index is 0.0217. The number of methoxy groups -OCH3 is 1. The van der Waals surface area contributed by atoms with Crippen LogP contribution < -0.4 is 0 Å². The number of ketones is 2. The summed E-state index contributed by atoms with van der Waals surface area (Å²) in [6.45, 7) is 6.96. The van der Waals surface area contributed by atoms with Gasteiger partial charge in [0.05, 0.1) is 6.10 Å². The minimum atomic E-state index is -1.99. The fourth-order valence-electron chi connectivity index (χ4n) is 7.89. The van der Waals surface area contributed by atoms with Gasteiger partial charge in [-0.25, -0.2) is 4.39 Å². The smallest absolute Gasteiger partial charge is 0.306 e. The Labute approximate surface area is 194 Å². The quantitative estimate of drug-likeness (QED) is 0.629. The Bertz CT molecular complexity index is 941. The number of ether oxygens (including phenoxy) is 2. The maximum atomic E-state index is 17.3. The number of aliphatic hydroxyl groups is 1. The van der Waals surface area contributed by atoms with Crippen molar-refractivity contribution in [3.63, 3.8) is 0 Å². The second-order valence-electron chi connectivity index (χ2n) is 10.8. The highest BCUT2D eigenvalue weighted by Gasteiger charge is 2.77. The van der Waals surface area contributed by atoms with Gasteiger partial charge >= 0.3 is 5.97 Å². The molecule has 6 nitrogen and oxygen atoms in total. The zero-order valence-corrected chi connectivity index (χ0v) is 20.2. The Morgan fingerprint density at radius 3 is 2.61 bits per heavy atom. The average Bonchev–Trinajstić information content (AvgIpc) is 2.97. The molecular formula is C26H35FO6. The summed E-state index contributed by atoms with van der Waals surface area (Å²) in [5.74, 6) is -2.18. The first-order valence-corrected chi connectivity index (χ1v) is 12.0. The summed E-state index contributed by atoms with van der Waals surface area (Å²) < 4.78 is 28.4. The molecule has 3 fully saturated rings. The van der Waals surface area contributed by atoms with Crippen LogP contribution in [0.25, 0.3) is 0 Å². The van der Waals surface area contributed by atoms with Gasteiger partial charge in [-0.05, 0) is 50.7 Å². The number of allylic oxidation sites excluding steroid dienone is 4. The Hall–Kier alpha value is -1.86. The second kappa shape index (κ2) is 7.84. The molecule has 4 aliphatic carbocycles. The molecule has 182 valence electrons. The fraction of sp³-hybridized carbons (Fsp3) is 0.731. The van der Waals surface area contributed by atoms with Gasteiger partial charge in [-0.2, -0.15) is 0 Å². The molecule has 0 bridgehead atoms.